The van der Waals surface area contributed by atoms with Gasteiger partial charge in [-0.15, -0.1) is 0 Å². The monoisotopic (exact) mass is 404 g/mol. The number of imidazole rings is 1. The van der Waals surface area contributed by atoms with Crippen LogP contribution in [0, 0.1) is 6.92 Å². The Labute approximate surface area is 172 Å². The molecule has 0 unspecified atom stereocenters. The van der Waals surface area contributed by atoms with E-state index in [1.54, 1.807) is 25.1 Å². The molecule has 0 fully saturated rings. The van der Waals surface area contributed by atoms with Crippen molar-refractivity contribution in [2.45, 2.75) is 17.0 Å². The third-order valence-electron chi connectivity index (χ3n) is 4.56. The Hall–Kier alpha value is -3.32. The number of anilines is 1. The van der Waals surface area contributed by atoms with Gasteiger partial charge in [-0.05, 0) is 55.5 Å². The summed E-state index contributed by atoms with van der Waals surface area (Å²) in [6.45, 7) is 1.84. The van der Waals surface area contributed by atoms with Crippen molar-refractivity contribution in [2.24, 2.45) is 7.05 Å². The van der Waals surface area contributed by atoms with E-state index in [1.807, 2.05) is 73.3 Å². The topological polar surface area (TPSA) is 69.0 Å². The molecule has 0 bridgehead atoms. The van der Waals surface area contributed by atoms with Crippen molar-refractivity contribution in [3.8, 4) is 5.75 Å². The summed E-state index contributed by atoms with van der Waals surface area (Å²) in [5, 5.41) is 4.72. The fraction of sp³-hybridized carbons (Fsp3) is 0.136. The number of carbonyl (C=O) groups is 1. The van der Waals surface area contributed by atoms with E-state index in [9.17, 15) is 4.79 Å². The summed E-state index contributed by atoms with van der Waals surface area (Å²) in [6, 6.07) is 15.2. The van der Waals surface area contributed by atoms with Crippen LogP contribution in [0.3, 0.4) is 0 Å². The van der Waals surface area contributed by atoms with Crippen LogP contribution in [-0.4, -0.2) is 27.6 Å². The highest BCUT2D eigenvalue weighted by molar-refractivity contribution is 7.99. The van der Waals surface area contributed by atoms with Crippen LogP contribution >= 0.6 is 11.8 Å². The Bertz CT molecular complexity index is 1190. The van der Waals surface area contributed by atoms with Gasteiger partial charge in [0.15, 0.2) is 5.16 Å². The van der Waals surface area contributed by atoms with Crippen molar-refractivity contribution in [1.82, 2.24) is 14.5 Å². The summed E-state index contributed by atoms with van der Waals surface area (Å²) in [5.74, 6) is 0.541. The number of ether oxygens (including phenoxy) is 1. The van der Waals surface area contributed by atoms with Crippen LogP contribution in [0.5, 0.6) is 5.75 Å². The van der Waals surface area contributed by atoms with Gasteiger partial charge in [-0.1, -0.05) is 11.8 Å². The molecule has 2 heterocycles. The van der Waals surface area contributed by atoms with Gasteiger partial charge in [0.05, 0.1) is 23.9 Å². The molecule has 0 aliphatic rings. The Morgan fingerprint density at radius 1 is 1.14 bits per heavy atom. The lowest BCUT2D eigenvalue weighted by Gasteiger charge is -2.10. The summed E-state index contributed by atoms with van der Waals surface area (Å²) >= 11 is 1.57. The number of aryl methyl sites for hydroxylation is 2. The Balaban J connectivity index is 1.52. The molecule has 0 aliphatic heterocycles. The van der Waals surface area contributed by atoms with E-state index in [2.05, 4.69) is 15.3 Å². The van der Waals surface area contributed by atoms with Gasteiger partial charge in [0.25, 0.3) is 5.91 Å². The fourth-order valence-corrected chi connectivity index (χ4v) is 3.77. The number of methoxy groups -OCH3 is 1. The molecule has 4 aromatic rings. The standard InChI is InChI=1S/C22H20N4O2S/c1-14-19(13-15-12-17(28-3)6-9-20(15)24-14)21(27)25-16-4-7-18(8-5-16)29-22-23-10-11-26(22)2/h4-13H,1-3H3,(H,25,27). The van der Waals surface area contributed by atoms with Gasteiger partial charge in [-0.2, -0.15) is 0 Å². The molecule has 0 spiro atoms. The van der Waals surface area contributed by atoms with Crippen LogP contribution in [0.15, 0.2) is 71.0 Å². The molecule has 0 radical (unpaired) electrons. The van der Waals surface area contributed by atoms with E-state index in [0.717, 1.165) is 32.4 Å². The first-order chi connectivity index (χ1) is 14.0. The first kappa shape index (κ1) is 19.0. The number of pyridine rings is 1. The van der Waals surface area contributed by atoms with Gasteiger partial charge in [0, 0.05) is 35.4 Å². The molecule has 0 saturated carbocycles. The predicted octanol–water partition coefficient (Wildman–Crippen LogP) is 4.69. The van der Waals surface area contributed by atoms with Gasteiger partial charge in [-0.3, -0.25) is 9.78 Å². The largest absolute Gasteiger partial charge is 0.497 e. The second-order valence-corrected chi connectivity index (χ2v) is 7.62. The van der Waals surface area contributed by atoms with E-state index in [-0.39, 0.29) is 5.91 Å². The summed E-state index contributed by atoms with van der Waals surface area (Å²) in [7, 11) is 3.58. The summed E-state index contributed by atoms with van der Waals surface area (Å²) in [5.41, 5.74) is 2.78. The van der Waals surface area contributed by atoms with E-state index in [0.29, 0.717) is 11.3 Å². The van der Waals surface area contributed by atoms with Crippen molar-refractivity contribution in [3.05, 3.63) is 72.2 Å². The maximum atomic E-state index is 12.8. The van der Waals surface area contributed by atoms with Gasteiger partial charge >= 0.3 is 0 Å². The number of aromatic nitrogens is 3. The SMILES string of the molecule is COc1ccc2nc(C)c(C(=O)Nc3ccc(Sc4nccn4C)cc3)cc2c1. The highest BCUT2D eigenvalue weighted by atomic mass is 32.2. The zero-order valence-corrected chi connectivity index (χ0v) is 17.2. The molecular weight excluding hydrogens is 384 g/mol. The van der Waals surface area contributed by atoms with Crippen LogP contribution < -0.4 is 10.1 Å². The number of fused-ring (bicyclic) bond motifs is 1. The molecule has 0 saturated heterocycles. The van der Waals surface area contributed by atoms with Crippen molar-refractivity contribution in [2.75, 3.05) is 12.4 Å². The highest BCUT2D eigenvalue weighted by Crippen LogP contribution is 2.27. The number of benzene rings is 2. The minimum absolute atomic E-state index is 0.191. The molecule has 0 aliphatic carbocycles. The average molecular weight is 404 g/mol. The maximum absolute atomic E-state index is 12.8. The quantitative estimate of drug-likeness (QED) is 0.523. The molecule has 4 rings (SSSR count). The number of rotatable bonds is 5. The summed E-state index contributed by atoms with van der Waals surface area (Å²) in [4.78, 5) is 22.7. The van der Waals surface area contributed by atoms with Crippen LogP contribution in [0.25, 0.3) is 10.9 Å². The Morgan fingerprint density at radius 3 is 2.62 bits per heavy atom. The first-order valence-corrected chi connectivity index (χ1v) is 9.87. The van der Waals surface area contributed by atoms with Gasteiger partial charge < -0.3 is 14.6 Å². The molecule has 2 aromatic heterocycles. The average Bonchev–Trinajstić information content (AvgIpc) is 3.13. The zero-order chi connectivity index (χ0) is 20.4. The number of nitrogens with zero attached hydrogens (tertiary/aromatic N) is 3. The molecule has 1 amide bonds. The van der Waals surface area contributed by atoms with E-state index < -0.39 is 0 Å². The summed E-state index contributed by atoms with van der Waals surface area (Å²) < 4.78 is 7.23. The van der Waals surface area contributed by atoms with Gasteiger partial charge in [-0.25, -0.2) is 4.98 Å². The maximum Gasteiger partial charge on any atom is 0.257 e. The number of nitrogens with one attached hydrogen (secondary N) is 1. The van der Waals surface area contributed by atoms with Gasteiger partial charge in [0.1, 0.15) is 5.75 Å². The number of hydrogen-bond acceptors (Lipinski definition) is 5. The predicted molar refractivity (Wildman–Crippen MR) is 115 cm³/mol. The smallest absolute Gasteiger partial charge is 0.257 e. The number of amides is 1. The van der Waals surface area contributed by atoms with Crippen molar-refractivity contribution in [3.63, 3.8) is 0 Å². The van der Waals surface area contributed by atoms with Crippen molar-refractivity contribution in [1.29, 1.82) is 0 Å². The molecule has 0 atom stereocenters. The molecular formula is C22H20N4O2S. The van der Waals surface area contributed by atoms with E-state index >= 15 is 0 Å². The molecule has 146 valence electrons. The molecule has 6 nitrogen and oxygen atoms in total. The van der Waals surface area contributed by atoms with Crippen LogP contribution in [0.4, 0.5) is 5.69 Å². The minimum Gasteiger partial charge on any atom is -0.497 e. The number of carbonyl (C=O) groups excluding carboxylic acids is 1. The van der Waals surface area contributed by atoms with Crippen molar-refractivity contribution >= 4 is 34.3 Å². The van der Waals surface area contributed by atoms with Gasteiger partial charge in [0.2, 0.25) is 0 Å². The Kier molecular flexibility index (Phi) is 5.22. The van der Waals surface area contributed by atoms with E-state index in [1.165, 1.54) is 0 Å². The second-order valence-electron chi connectivity index (χ2n) is 6.58. The lowest BCUT2D eigenvalue weighted by atomic mass is 10.1. The lowest BCUT2D eigenvalue weighted by molar-refractivity contribution is 0.102. The molecule has 2 aromatic carbocycles. The van der Waals surface area contributed by atoms with E-state index in [4.69, 9.17) is 4.74 Å². The van der Waals surface area contributed by atoms with Crippen molar-refractivity contribution < 1.29 is 9.53 Å². The normalized spacial score (nSPS) is 10.9. The molecule has 29 heavy (non-hydrogen) atoms. The van der Waals surface area contributed by atoms with Crippen LogP contribution in [0.1, 0.15) is 16.1 Å². The van der Waals surface area contributed by atoms with Crippen LogP contribution in [-0.2, 0) is 7.05 Å². The minimum atomic E-state index is -0.191. The first-order valence-electron chi connectivity index (χ1n) is 9.05. The lowest BCUT2D eigenvalue weighted by Crippen LogP contribution is -2.14. The Morgan fingerprint density at radius 2 is 1.93 bits per heavy atom. The second kappa shape index (κ2) is 7.97. The van der Waals surface area contributed by atoms with Crippen LogP contribution in [0.2, 0.25) is 0 Å². The number of hydrogen-bond donors (Lipinski definition) is 1. The fourth-order valence-electron chi connectivity index (χ4n) is 2.97. The highest BCUT2D eigenvalue weighted by Gasteiger charge is 2.13. The third kappa shape index (κ3) is 4.09. The molecule has 1 N–H and O–H groups in total. The third-order valence-corrected chi connectivity index (χ3v) is 5.64. The molecule has 7 heteroatoms. The summed E-state index contributed by atoms with van der Waals surface area (Å²) in [6.07, 6.45) is 3.68. The zero-order valence-electron chi connectivity index (χ0n) is 16.3.